The van der Waals surface area contributed by atoms with Crippen molar-refractivity contribution in [2.45, 2.75) is 0 Å². The van der Waals surface area contributed by atoms with Crippen molar-refractivity contribution in [3.8, 4) is 11.8 Å². The van der Waals surface area contributed by atoms with Gasteiger partial charge in [0.2, 0.25) is 0 Å². The van der Waals surface area contributed by atoms with Crippen LogP contribution in [0.5, 0.6) is 5.75 Å². The Morgan fingerprint density at radius 3 is 2.57 bits per heavy atom. The van der Waals surface area contributed by atoms with Crippen LogP contribution in [-0.2, 0) is 0 Å². The molecule has 0 saturated heterocycles. The first-order valence-corrected chi connectivity index (χ1v) is 7.48. The molecule has 0 spiro atoms. The summed E-state index contributed by atoms with van der Waals surface area (Å²) in [5.74, 6) is 0.907. The first kappa shape index (κ1) is 15.4. The first-order valence-electron chi connectivity index (χ1n) is 6.72. The number of aromatic nitrogens is 2. The van der Waals surface area contributed by atoms with Gasteiger partial charge in [0, 0.05) is 0 Å². The highest BCUT2D eigenvalue weighted by Crippen LogP contribution is 2.34. The van der Waals surface area contributed by atoms with Gasteiger partial charge in [-0.25, -0.2) is 4.98 Å². The second kappa shape index (κ2) is 6.33. The lowest BCUT2D eigenvalue weighted by Crippen LogP contribution is -1.88. The number of para-hydroxylation sites is 2. The highest BCUT2D eigenvalue weighted by atomic mass is 35.5. The van der Waals surface area contributed by atoms with E-state index in [2.05, 4.69) is 16.0 Å². The summed E-state index contributed by atoms with van der Waals surface area (Å²) in [6, 6.07) is 13.1. The molecule has 2 aromatic carbocycles. The number of hydrogen-bond donors (Lipinski definition) is 1. The Balaban J connectivity index is 2.07. The van der Waals surface area contributed by atoms with Crippen LogP contribution in [0.2, 0.25) is 10.0 Å². The number of ether oxygens (including phenoxy) is 1. The summed E-state index contributed by atoms with van der Waals surface area (Å²) in [6.45, 7) is 0. The molecule has 3 aromatic rings. The molecule has 0 saturated carbocycles. The lowest BCUT2D eigenvalue weighted by Gasteiger charge is -2.06. The second-order valence-corrected chi connectivity index (χ2v) is 5.60. The van der Waals surface area contributed by atoms with Gasteiger partial charge < -0.3 is 9.72 Å². The van der Waals surface area contributed by atoms with Crippen molar-refractivity contribution in [1.82, 2.24) is 9.97 Å². The van der Waals surface area contributed by atoms with E-state index >= 15 is 0 Å². The third-order valence-electron chi connectivity index (χ3n) is 3.30. The number of aromatic amines is 1. The fourth-order valence-corrected chi connectivity index (χ4v) is 2.92. The number of allylic oxidation sites excluding steroid dienone is 1. The standard InChI is InChI=1S/C17H11Cl2N3O/c1-23-16-12(18)7-10(8-13(16)19)6-11(9-20)17-21-14-4-2-3-5-15(14)22-17/h2-8H,1H3,(H,21,22)/b11-6+. The van der Waals surface area contributed by atoms with Gasteiger partial charge in [-0.05, 0) is 35.9 Å². The Kier molecular flexibility index (Phi) is 4.24. The fourth-order valence-electron chi connectivity index (χ4n) is 2.26. The van der Waals surface area contributed by atoms with Crippen LogP contribution in [0.4, 0.5) is 0 Å². The van der Waals surface area contributed by atoms with Crippen molar-refractivity contribution in [1.29, 1.82) is 5.26 Å². The predicted octanol–water partition coefficient (Wildman–Crippen LogP) is 4.94. The molecular weight excluding hydrogens is 333 g/mol. The van der Waals surface area contributed by atoms with E-state index in [0.29, 0.717) is 32.8 Å². The van der Waals surface area contributed by atoms with E-state index in [4.69, 9.17) is 27.9 Å². The number of H-pyrrole nitrogens is 1. The van der Waals surface area contributed by atoms with E-state index in [9.17, 15) is 5.26 Å². The van der Waals surface area contributed by atoms with Gasteiger partial charge in [-0.2, -0.15) is 5.26 Å². The molecule has 1 N–H and O–H groups in total. The largest absolute Gasteiger partial charge is 0.494 e. The number of halogens is 2. The number of hydrogen-bond acceptors (Lipinski definition) is 3. The molecule has 4 nitrogen and oxygen atoms in total. The Morgan fingerprint density at radius 2 is 1.96 bits per heavy atom. The maximum Gasteiger partial charge on any atom is 0.156 e. The van der Waals surface area contributed by atoms with Crippen molar-refractivity contribution in [2.75, 3.05) is 7.11 Å². The Bertz CT molecular complexity index is 898. The van der Waals surface area contributed by atoms with Gasteiger partial charge in [-0.3, -0.25) is 0 Å². The molecule has 3 rings (SSSR count). The summed E-state index contributed by atoms with van der Waals surface area (Å²) in [6.07, 6.45) is 1.68. The SMILES string of the molecule is COc1c(Cl)cc(/C=C(\C#N)c2nc3ccccc3[nH]2)cc1Cl. The van der Waals surface area contributed by atoms with Crippen molar-refractivity contribution in [3.05, 3.63) is 57.8 Å². The van der Waals surface area contributed by atoms with Gasteiger partial charge in [-0.15, -0.1) is 0 Å². The van der Waals surface area contributed by atoms with Crippen LogP contribution in [-0.4, -0.2) is 17.1 Å². The summed E-state index contributed by atoms with van der Waals surface area (Å²) < 4.78 is 5.12. The molecule has 0 unspecified atom stereocenters. The first-order chi connectivity index (χ1) is 11.1. The zero-order valence-electron chi connectivity index (χ0n) is 12.1. The quantitative estimate of drug-likeness (QED) is 0.685. The van der Waals surface area contributed by atoms with E-state index in [1.807, 2.05) is 24.3 Å². The summed E-state index contributed by atoms with van der Waals surface area (Å²) in [5.41, 5.74) is 2.75. The minimum absolute atomic E-state index is 0.383. The Morgan fingerprint density at radius 1 is 1.26 bits per heavy atom. The fraction of sp³-hybridized carbons (Fsp3) is 0.0588. The summed E-state index contributed by atoms with van der Waals surface area (Å²) in [4.78, 5) is 7.55. The molecule has 0 bridgehead atoms. The van der Waals surface area contributed by atoms with Crippen LogP contribution < -0.4 is 4.74 Å². The molecule has 114 valence electrons. The summed E-state index contributed by atoms with van der Waals surface area (Å²) in [5, 5.41) is 10.2. The Hall–Kier alpha value is -2.48. The van der Waals surface area contributed by atoms with Crippen molar-refractivity contribution in [3.63, 3.8) is 0 Å². The van der Waals surface area contributed by atoms with Gasteiger partial charge in [0.25, 0.3) is 0 Å². The van der Waals surface area contributed by atoms with Crippen molar-refractivity contribution >= 4 is 45.9 Å². The molecule has 0 aliphatic heterocycles. The highest BCUT2D eigenvalue weighted by Gasteiger charge is 2.11. The molecule has 0 atom stereocenters. The van der Waals surface area contributed by atoms with Gasteiger partial charge in [-0.1, -0.05) is 35.3 Å². The third-order valence-corrected chi connectivity index (χ3v) is 3.86. The van der Waals surface area contributed by atoms with Crippen LogP contribution >= 0.6 is 23.2 Å². The number of nitrogens with one attached hydrogen (secondary N) is 1. The summed E-state index contributed by atoms with van der Waals surface area (Å²) in [7, 11) is 1.50. The van der Waals surface area contributed by atoms with E-state index < -0.39 is 0 Å². The maximum atomic E-state index is 9.44. The average molecular weight is 344 g/mol. The number of nitrogens with zero attached hydrogens (tertiary/aromatic N) is 2. The monoisotopic (exact) mass is 343 g/mol. The third kappa shape index (κ3) is 3.02. The van der Waals surface area contributed by atoms with E-state index in [-0.39, 0.29) is 0 Å². The molecular formula is C17H11Cl2N3O. The average Bonchev–Trinajstić information content (AvgIpc) is 2.96. The predicted molar refractivity (Wildman–Crippen MR) is 92.6 cm³/mol. The zero-order chi connectivity index (χ0) is 16.4. The normalized spacial score (nSPS) is 11.5. The summed E-state index contributed by atoms with van der Waals surface area (Å²) >= 11 is 12.3. The zero-order valence-corrected chi connectivity index (χ0v) is 13.6. The topological polar surface area (TPSA) is 61.7 Å². The maximum absolute atomic E-state index is 9.44. The smallest absolute Gasteiger partial charge is 0.156 e. The van der Waals surface area contributed by atoms with Crippen LogP contribution in [0, 0.1) is 11.3 Å². The van der Waals surface area contributed by atoms with Crippen molar-refractivity contribution in [2.24, 2.45) is 0 Å². The van der Waals surface area contributed by atoms with Crippen molar-refractivity contribution < 1.29 is 4.74 Å². The number of imidazole rings is 1. The van der Waals surface area contributed by atoms with E-state index in [1.165, 1.54) is 7.11 Å². The molecule has 1 heterocycles. The molecule has 6 heteroatoms. The number of nitriles is 1. The van der Waals surface area contributed by atoms with Gasteiger partial charge >= 0.3 is 0 Å². The number of methoxy groups -OCH3 is 1. The lowest BCUT2D eigenvalue weighted by molar-refractivity contribution is 0.415. The minimum atomic E-state index is 0.383. The lowest BCUT2D eigenvalue weighted by atomic mass is 10.1. The Labute approximate surface area is 142 Å². The molecule has 1 aromatic heterocycles. The van der Waals surface area contributed by atoms with Crippen LogP contribution in [0.1, 0.15) is 11.4 Å². The van der Waals surface area contributed by atoms with Gasteiger partial charge in [0.15, 0.2) is 5.75 Å². The number of fused-ring (bicyclic) bond motifs is 1. The van der Waals surface area contributed by atoms with Crippen LogP contribution in [0.3, 0.4) is 0 Å². The van der Waals surface area contributed by atoms with Gasteiger partial charge in [0.1, 0.15) is 11.9 Å². The molecule has 0 aliphatic carbocycles. The molecule has 0 fully saturated rings. The van der Waals surface area contributed by atoms with E-state index in [0.717, 1.165) is 11.0 Å². The molecule has 0 amide bonds. The molecule has 23 heavy (non-hydrogen) atoms. The second-order valence-electron chi connectivity index (χ2n) is 4.79. The van der Waals surface area contributed by atoms with E-state index in [1.54, 1.807) is 18.2 Å². The highest BCUT2D eigenvalue weighted by molar-refractivity contribution is 6.37. The van der Waals surface area contributed by atoms with Crippen LogP contribution in [0.25, 0.3) is 22.7 Å². The molecule has 0 aliphatic rings. The minimum Gasteiger partial charge on any atom is -0.494 e. The number of rotatable bonds is 3. The van der Waals surface area contributed by atoms with Crippen LogP contribution in [0.15, 0.2) is 36.4 Å². The molecule has 0 radical (unpaired) electrons. The number of benzene rings is 2. The van der Waals surface area contributed by atoms with Gasteiger partial charge in [0.05, 0.1) is 33.8 Å².